The molecule has 0 bridgehead atoms. The summed E-state index contributed by atoms with van der Waals surface area (Å²) >= 11 is 0. The summed E-state index contributed by atoms with van der Waals surface area (Å²) < 4.78 is 4.80. The van der Waals surface area contributed by atoms with E-state index >= 15 is 0 Å². The van der Waals surface area contributed by atoms with Crippen LogP contribution in [0.1, 0.15) is 5.89 Å². The molecule has 1 fully saturated rings. The molecule has 13 heavy (non-hydrogen) atoms. The summed E-state index contributed by atoms with van der Waals surface area (Å²) in [6.45, 7) is 1.38. The highest BCUT2D eigenvalue weighted by atomic mass is 16.5. The van der Waals surface area contributed by atoms with Gasteiger partial charge in [-0.05, 0) is 0 Å². The fourth-order valence-electron chi connectivity index (χ4n) is 1.43. The number of rotatable bonds is 2. The minimum absolute atomic E-state index is 0.448. The van der Waals surface area contributed by atoms with Crippen LogP contribution in [0.3, 0.4) is 0 Å². The van der Waals surface area contributed by atoms with Crippen LogP contribution < -0.4 is 0 Å². The second kappa shape index (κ2) is 3.41. The van der Waals surface area contributed by atoms with Crippen molar-refractivity contribution < 1.29 is 14.7 Å². The first kappa shape index (κ1) is 8.61. The summed E-state index contributed by atoms with van der Waals surface area (Å²) in [6.07, 6.45) is 0.00369. The normalized spacial score (nSPS) is 29.7. The molecule has 1 aromatic rings. The zero-order valence-corrected chi connectivity index (χ0v) is 7.00. The number of aromatic nitrogens is 2. The zero-order valence-electron chi connectivity index (χ0n) is 7.00. The smallest absolute Gasteiger partial charge is 0.240 e. The largest absolute Gasteiger partial charge is 0.389 e. The van der Waals surface area contributed by atoms with Gasteiger partial charge in [0, 0.05) is 13.1 Å². The number of aliphatic hydroxyl groups excluding tert-OH is 2. The molecule has 2 rings (SSSR count). The molecule has 2 N–H and O–H groups in total. The molecule has 2 unspecified atom stereocenters. The molecule has 1 aromatic heterocycles. The number of likely N-dealkylation sites (tertiary alicyclic amines) is 1. The van der Waals surface area contributed by atoms with Crippen molar-refractivity contribution in [1.29, 1.82) is 0 Å². The Kier molecular flexibility index (Phi) is 2.26. The van der Waals surface area contributed by atoms with E-state index in [4.69, 9.17) is 4.52 Å². The molecule has 2 atom stereocenters. The van der Waals surface area contributed by atoms with Crippen molar-refractivity contribution in [2.24, 2.45) is 0 Å². The monoisotopic (exact) mass is 185 g/mol. The van der Waals surface area contributed by atoms with Crippen LogP contribution in [0, 0.1) is 0 Å². The topological polar surface area (TPSA) is 82.6 Å². The number of β-amino-alcohol motifs (C(OH)–C–C–N with tert-alkyl or cyclic N) is 2. The second-order valence-corrected chi connectivity index (χ2v) is 3.16. The maximum atomic E-state index is 9.24. The van der Waals surface area contributed by atoms with Gasteiger partial charge < -0.3 is 14.7 Å². The predicted octanol–water partition coefficient (Wildman–Crippen LogP) is -1.39. The van der Waals surface area contributed by atoms with E-state index in [2.05, 4.69) is 10.1 Å². The molecule has 0 aromatic carbocycles. The molecule has 6 heteroatoms. The van der Waals surface area contributed by atoms with Crippen LogP contribution >= 0.6 is 0 Å². The van der Waals surface area contributed by atoms with Crippen LogP contribution in [0.5, 0.6) is 0 Å². The van der Waals surface area contributed by atoms with Crippen LogP contribution in [0.2, 0.25) is 0 Å². The number of hydrogen-bond donors (Lipinski definition) is 2. The molecule has 72 valence electrons. The quantitative estimate of drug-likeness (QED) is 0.590. The third-order valence-electron chi connectivity index (χ3n) is 2.10. The van der Waals surface area contributed by atoms with Crippen LogP contribution in [-0.2, 0) is 6.54 Å². The minimum atomic E-state index is -0.664. The highest BCUT2D eigenvalue weighted by Gasteiger charge is 2.30. The molecule has 1 aliphatic heterocycles. The molecule has 0 saturated carbocycles. The fourth-order valence-corrected chi connectivity index (χ4v) is 1.43. The lowest BCUT2D eigenvalue weighted by Crippen LogP contribution is -2.22. The van der Waals surface area contributed by atoms with Crippen molar-refractivity contribution in [2.45, 2.75) is 18.8 Å². The van der Waals surface area contributed by atoms with Crippen molar-refractivity contribution in [1.82, 2.24) is 15.0 Å². The predicted molar refractivity (Wildman–Crippen MR) is 41.6 cm³/mol. The molecule has 2 heterocycles. The van der Waals surface area contributed by atoms with E-state index in [1.54, 1.807) is 0 Å². The highest BCUT2D eigenvalue weighted by molar-refractivity contribution is 4.86. The van der Waals surface area contributed by atoms with Gasteiger partial charge in [-0.1, -0.05) is 5.16 Å². The summed E-state index contributed by atoms with van der Waals surface area (Å²) in [5.74, 6) is 0.501. The Balaban J connectivity index is 1.91. The van der Waals surface area contributed by atoms with E-state index in [0.29, 0.717) is 25.5 Å². The lowest BCUT2D eigenvalue weighted by Gasteiger charge is -2.10. The van der Waals surface area contributed by atoms with E-state index < -0.39 is 12.2 Å². The summed E-state index contributed by atoms with van der Waals surface area (Å²) in [4.78, 5) is 5.71. The SMILES string of the molecule is OC1CN(Cc2ncno2)CC1O. The lowest BCUT2D eigenvalue weighted by atomic mass is 10.3. The Morgan fingerprint density at radius 2 is 2.15 bits per heavy atom. The van der Waals surface area contributed by atoms with Crippen molar-refractivity contribution in [3.8, 4) is 0 Å². The highest BCUT2D eigenvalue weighted by Crippen LogP contribution is 2.12. The summed E-state index contributed by atoms with van der Waals surface area (Å²) in [7, 11) is 0. The Bertz CT molecular complexity index is 254. The number of nitrogens with zero attached hydrogens (tertiary/aromatic N) is 3. The fraction of sp³-hybridized carbons (Fsp3) is 0.714. The zero-order chi connectivity index (χ0) is 9.26. The lowest BCUT2D eigenvalue weighted by molar-refractivity contribution is 0.0572. The van der Waals surface area contributed by atoms with Gasteiger partial charge in [0.1, 0.15) is 0 Å². The standard InChI is InChI=1S/C7H11N3O3/c11-5-1-10(2-6(5)12)3-7-8-4-9-13-7/h4-6,11-12H,1-3H2. The van der Waals surface area contributed by atoms with E-state index in [9.17, 15) is 10.2 Å². The Labute approximate surface area is 74.8 Å². The third kappa shape index (κ3) is 1.85. The Morgan fingerprint density at radius 3 is 2.69 bits per heavy atom. The Morgan fingerprint density at radius 1 is 1.46 bits per heavy atom. The van der Waals surface area contributed by atoms with Crippen LogP contribution in [0.25, 0.3) is 0 Å². The summed E-state index contributed by atoms with van der Waals surface area (Å²) in [6, 6.07) is 0. The molecule has 0 spiro atoms. The molecule has 1 aliphatic rings. The Hall–Kier alpha value is -0.980. The van der Waals surface area contributed by atoms with Crippen LogP contribution in [0.15, 0.2) is 10.9 Å². The number of aliphatic hydroxyl groups is 2. The van der Waals surface area contributed by atoms with Gasteiger partial charge >= 0.3 is 0 Å². The van der Waals surface area contributed by atoms with Crippen molar-refractivity contribution >= 4 is 0 Å². The molecule has 1 saturated heterocycles. The minimum Gasteiger partial charge on any atom is -0.389 e. The first-order valence-electron chi connectivity index (χ1n) is 4.10. The number of hydrogen-bond acceptors (Lipinski definition) is 6. The van der Waals surface area contributed by atoms with Gasteiger partial charge in [-0.15, -0.1) is 0 Å². The van der Waals surface area contributed by atoms with Gasteiger partial charge in [-0.3, -0.25) is 4.90 Å². The van der Waals surface area contributed by atoms with E-state index in [1.165, 1.54) is 6.33 Å². The molecule has 0 amide bonds. The van der Waals surface area contributed by atoms with Gasteiger partial charge in [0.15, 0.2) is 6.33 Å². The first-order valence-corrected chi connectivity index (χ1v) is 4.10. The molecular formula is C7H11N3O3. The van der Waals surface area contributed by atoms with Crippen molar-refractivity contribution in [2.75, 3.05) is 13.1 Å². The van der Waals surface area contributed by atoms with Gasteiger partial charge in [-0.2, -0.15) is 4.98 Å². The molecular weight excluding hydrogens is 174 g/mol. The molecule has 6 nitrogen and oxygen atoms in total. The van der Waals surface area contributed by atoms with Crippen molar-refractivity contribution in [3.05, 3.63) is 12.2 Å². The van der Waals surface area contributed by atoms with Gasteiger partial charge in [0.25, 0.3) is 0 Å². The van der Waals surface area contributed by atoms with E-state index in [-0.39, 0.29) is 0 Å². The van der Waals surface area contributed by atoms with Crippen molar-refractivity contribution in [3.63, 3.8) is 0 Å². The van der Waals surface area contributed by atoms with Gasteiger partial charge in [0.05, 0.1) is 18.8 Å². The molecule has 0 radical (unpaired) electrons. The van der Waals surface area contributed by atoms with Gasteiger partial charge in [-0.25, -0.2) is 0 Å². The third-order valence-corrected chi connectivity index (χ3v) is 2.10. The average molecular weight is 185 g/mol. The van der Waals surface area contributed by atoms with Gasteiger partial charge in [0.2, 0.25) is 5.89 Å². The summed E-state index contributed by atoms with van der Waals surface area (Å²) in [5, 5.41) is 21.9. The van der Waals surface area contributed by atoms with Crippen LogP contribution in [-0.4, -0.2) is 50.6 Å². The van der Waals surface area contributed by atoms with Crippen LogP contribution in [0.4, 0.5) is 0 Å². The first-order chi connectivity index (χ1) is 6.25. The van der Waals surface area contributed by atoms with E-state index in [0.717, 1.165) is 0 Å². The average Bonchev–Trinajstić information content (AvgIpc) is 2.64. The second-order valence-electron chi connectivity index (χ2n) is 3.16. The van der Waals surface area contributed by atoms with E-state index in [1.807, 2.05) is 4.90 Å². The maximum absolute atomic E-state index is 9.24. The summed E-state index contributed by atoms with van der Waals surface area (Å²) in [5.41, 5.74) is 0. The molecule has 0 aliphatic carbocycles. The maximum Gasteiger partial charge on any atom is 0.240 e.